The molecular weight excluding hydrogens is 379 g/mol. The maximum absolute atomic E-state index is 13.1. The van der Waals surface area contributed by atoms with Gasteiger partial charge in [-0.2, -0.15) is 4.31 Å². The maximum atomic E-state index is 13.1. The molecule has 25 heavy (non-hydrogen) atoms. The van der Waals surface area contributed by atoms with Gasteiger partial charge in [-0.1, -0.05) is 49.9 Å². The average Bonchev–Trinajstić information content (AvgIpc) is 3.10. The van der Waals surface area contributed by atoms with Crippen LogP contribution < -0.4 is 4.90 Å². The van der Waals surface area contributed by atoms with E-state index in [0.717, 1.165) is 57.3 Å². The van der Waals surface area contributed by atoms with Crippen LogP contribution in [0, 0.1) is 0 Å². The molecule has 142 valence electrons. The van der Waals surface area contributed by atoms with E-state index in [1.54, 1.807) is 10.4 Å². The molecule has 2 rings (SSSR count). The Kier molecular flexibility index (Phi) is 7.87. The van der Waals surface area contributed by atoms with Crippen LogP contribution in [0.1, 0.15) is 52.4 Å². The van der Waals surface area contributed by atoms with Crippen LogP contribution in [-0.4, -0.2) is 38.9 Å². The van der Waals surface area contributed by atoms with E-state index in [0.29, 0.717) is 18.1 Å². The number of benzene rings is 1. The van der Waals surface area contributed by atoms with Crippen molar-refractivity contribution in [2.75, 3.05) is 31.1 Å². The maximum Gasteiger partial charge on any atom is 0.244 e. The highest BCUT2D eigenvalue weighted by Crippen LogP contribution is 2.36. The molecule has 7 heteroatoms. The van der Waals surface area contributed by atoms with Gasteiger partial charge in [0.1, 0.15) is 4.90 Å². The predicted octanol–water partition coefficient (Wildman–Crippen LogP) is 5.18. The second-order valence-electron chi connectivity index (χ2n) is 6.54. The molecule has 1 aliphatic rings. The molecule has 1 aromatic rings. The molecule has 0 N–H and O–H groups in total. The number of halogens is 2. The fourth-order valence-corrected chi connectivity index (χ4v) is 5.46. The number of hydrogen-bond acceptors (Lipinski definition) is 3. The summed E-state index contributed by atoms with van der Waals surface area (Å²) in [6, 6.07) is 3.23. The number of hydrogen-bond donors (Lipinski definition) is 0. The zero-order valence-corrected chi connectivity index (χ0v) is 17.4. The SMILES string of the molecule is CCCCN(CCCC)S(=O)(=O)c1cc(Cl)c(N2CCCC2)cc1Cl. The van der Waals surface area contributed by atoms with Crippen LogP contribution in [0.15, 0.2) is 17.0 Å². The minimum atomic E-state index is -3.64. The molecule has 0 unspecified atom stereocenters. The second-order valence-corrected chi connectivity index (χ2v) is 9.26. The molecule has 0 spiro atoms. The molecule has 1 aromatic carbocycles. The van der Waals surface area contributed by atoms with Gasteiger partial charge in [0.25, 0.3) is 0 Å². The Bertz CT molecular complexity index is 666. The molecule has 0 bridgehead atoms. The highest BCUT2D eigenvalue weighted by atomic mass is 35.5. The largest absolute Gasteiger partial charge is 0.370 e. The third-order valence-corrected chi connectivity index (χ3v) is 7.25. The molecule has 0 atom stereocenters. The Balaban J connectivity index is 2.34. The van der Waals surface area contributed by atoms with Gasteiger partial charge >= 0.3 is 0 Å². The van der Waals surface area contributed by atoms with Gasteiger partial charge in [0, 0.05) is 26.2 Å². The van der Waals surface area contributed by atoms with Crippen LogP contribution in [0.25, 0.3) is 0 Å². The highest BCUT2D eigenvalue weighted by molar-refractivity contribution is 7.89. The van der Waals surface area contributed by atoms with Gasteiger partial charge in [-0.25, -0.2) is 8.42 Å². The van der Waals surface area contributed by atoms with Crippen molar-refractivity contribution in [2.24, 2.45) is 0 Å². The summed E-state index contributed by atoms with van der Waals surface area (Å²) in [5, 5.41) is 0.708. The first-order valence-electron chi connectivity index (χ1n) is 9.16. The number of rotatable bonds is 9. The molecule has 1 heterocycles. The Morgan fingerprint density at radius 3 is 2.08 bits per heavy atom. The molecule has 0 saturated carbocycles. The molecular formula is C18H28Cl2N2O2S. The van der Waals surface area contributed by atoms with Crippen LogP contribution >= 0.6 is 23.2 Å². The zero-order valence-electron chi connectivity index (χ0n) is 15.1. The van der Waals surface area contributed by atoms with Crippen molar-refractivity contribution in [1.29, 1.82) is 0 Å². The number of sulfonamides is 1. The summed E-state index contributed by atoms with van der Waals surface area (Å²) in [6.07, 6.45) is 5.80. The van der Waals surface area contributed by atoms with Crippen LogP contribution in [0.3, 0.4) is 0 Å². The fourth-order valence-electron chi connectivity index (χ4n) is 3.08. The lowest BCUT2D eigenvalue weighted by Gasteiger charge is -2.24. The van der Waals surface area contributed by atoms with E-state index in [1.165, 1.54) is 6.07 Å². The molecule has 1 fully saturated rings. The van der Waals surface area contributed by atoms with Crippen LogP contribution in [0.5, 0.6) is 0 Å². The Labute approximate surface area is 162 Å². The smallest absolute Gasteiger partial charge is 0.244 e. The molecule has 1 aliphatic heterocycles. The summed E-state index contributed by atoms with van der Waals surface area (Å²) in [4.78, 5) is 2.28. The normalized spacial score (nSPS) is 15.3. The molecule has 0 amide bonds. The summed E-state index contributed by atoms with van der Waals surface area (Å²) in [6.45, 7) is 7.00. The summed E-state index contributed by atoms with van der Waals surface area (Å²) < 4.78 is 27.8. The third kappa shape index (κ3) is 5.03. The minimum absolute atomic E-state index is 0.120. The van der Waals surface area contributed by atoms with Gasteiger partial charge in [-0.15, -0.1) is 0 Å². The first-order valence-corrected chi connectivity index (χ1v) is 11.4. The van der Waals surface area contributed by atoms with Gasteiger partial charge in [-0.05, 0) is 37.8 Å². The number of unbranched alkanes of at least 4 members (excludes halogenated alkanes) is 2. The lowest BCUT2D eigenvalue weighted by atomic mass is 10.3. The van der Waals surface area contributed by atoms with E-state index in [9.17, 15) is 8.42 Å². The van der Waals surface area contributed by atoms with E-state index in [4.69, 9.17) is 23.2 Å². The van der Waals surface area contributed by atoms with Crippen molar-refractivity contribution in [3.63, 3.8) is 0 Å². The van der Waals surface area contributed by atoms with Crippen LogP contribution in [-0.2, 0) is 10.0 Å². The summed E-state index contributed by atoms with van der Waals surface area (Å²) >= 11 is 12.8. The number of nitrogens with zero attached hydrogens (tertiary/aromatic N) is 2. The highest BCUT2D eigenvalue weighted by Gasteiger charge is 2.28. The van der Waals surface area contributed by atoms with Gasteiger partial charge in [-0.3, -0.25) is 0 Å². The first-order chi connectivity index (χ1) is 11.9. The average molecular weight is 407 g/mol. The third-order valence-electron chi connectivity index (χ3n) is 4.59. The van der Waals surface area contributed by atoms with Gasteiger partial charge in [0.05, 0.1) is 15.7 Å². The summed E-state index contributed by atoms with van der Waals surface area (Å²) in [5.74, 6) is 0. The zero-order chi connectivity index (χ0) is 18.4. The van der Waals surface area contributed by atoms with E-state index in [-0.39, 0.29) is 9.92 Å². The van der Waals surface area contributed by atoms with Gasteiger partial charge in [0.2, 0.25) is 10.0 Å². The predicted molar refractivity (Wildman–Crippen MR) is 106 cm³/mol. The van der Waals surface area contributed by atoms with Crippen molar-refractivity contribution in [2.45, 2.75) is 57.3 Å². The fraction of sp³-hybridized carbons (Fsp3) is 0.667. The van der Waals surface area contributed by atoms with Crippen molar-refractivity contribution in [3.8, 4) is 0 Å². The van der Waals surface area contributed by atoms with Crippen molar-refractivity contribution in [1.82, 2.24) is 4.31 Å². The van der Waals surface area contributed by atoms with E-state index < -0.39 is 10.0 Å². The lowest BCUT2D eigenvalue weighted by Crippen LogP contribution is -2.33. The van der Waals surface area contributed by atoms with Crippen LogP contribution in [0.2, 0.25) is 10.0 Å². The standard InChI is InChI=1S/C18H28Cl2N2O2S/c1-3-5-11-22(12-6-4-2)25(23,24)18-14-15(19)17(13-16(18)20)21-9-7-8-10-21/h13-14H,3-12H2,1-2H3. The number of anilines is 1. The Hall–Kier alpha value is -0.490. The quantitative estimate of drug-likeness (QED) is 0.566. The summed E-state index contributed by atoms with van der Waals surface area (Å²) in [5.41, 5.74) is 0.830. The van der Waals surface area contributed by atoms with E-state index in [1.807, 2.05) is 0 Å². The van der Waals surface area contributed by atoms with Gasteiger partial charge in [0.15, 0.2) is 0 Å². The Morgan fingerprint density at radius 2 is 1.56 bits per heavy atom. The van der Waals surface area contributed by atoms with Crippen molar-refractivity contribution >= 4 is 38.9 Å². The second kappa shape index (κ2) is 9.45. The molecule has 0 aromatic heterocycles. The molecule has 1 saturated heterocycles. The van der Waals surface area contributed by atoms with E-state index in [2.05, 4.69) is 18.7 Å². The Morgan fingerprint density at radius 1 is 1.00 bits per heavy atom. The monoisotopic (exact) mass is 406 g/mol. The lowest BCUT2D eigenvalue weighted by molar-refractivity contribution is 0.395. The summed E-state index contributed by atoms with van der Waals surface area (Å²) in [7, 11) is -3.64. The minimum Gasteiger partial charge on any atom is -0.370 e. The molecule has 0 aliphatic carbocycles. The van der Waals surface area contributed by atoms with E-state index >= 15 is 0 Å². The molecule has 0 radical (unpaired) electrons. The van der Waals surface area contributed by atoms with Gasteiger partial charge < -0.3 is 4.90 Å². The first kappa shape index (κ1) is 20.8. The van der Waals surface area contributed by atoms with Crippen LogP contribution in [0.4, 0.5) is 5.69 Å². The van der Waals surface area contributed by atoms with Crippen molar-refractivity contribution in [3.05, 3.63) is 22.2 Å². The van der Waals surface area contributed by atoms with Crippen molar-refractivity contribution < 1.29 is 8.42 Å². The molecule has 4 nitrogen and oxygen atoms in total. The topological polar surface area (TPSA) is 40.6 Å².